The van der Waals surface area contributed by atoms with Gasteiger partial charge in [-0.2, -0.15) is 0 Å². The molecular weight excluding hydrogens is 226 g/mol. The highest BCUT2D eigenvalue weighted by molar-refractivity contribution is 5.92. The molecule has 0 aromatic heterocycles. The van der Waals surface area contributed by atoms with Crippen LogP contribution in [0, 0.1) is 0 Å². The van der Waals surface area contributed by atoms with E-state index in [9.17, 15) is 4.79 Å². The van der Waals surface area contributed by atoms with E-state index in [2.05, 4.69) is 0 Å². The van der Waals surface area contributed by atoms with E-state index in [0.717, 1.165) is 37.3 Å². The molecule has 4 nitrogen and oxygen atoms in total. The van der Waals surface area contributed by atoms with Crippen molar-refractivity contribution < 1.29 is 4.79 Å². The average Bonchev–Trinajstić information content (AvgIpc) is 2.42. The minimum Gasteiger partial charge on any atom is -0.399 e. The Bertz CT molecular complexity index is 396. The van der Waals surface area contributed by atoms with E-state index in [1.807, 2.05) is 41.0 Å². The highest BCUT2D eigenvalue weighted by atomic mass is 16.2. The van der Waals surface area contributed by atoms with Crippen molar-refractivity contribution in [3.05, 3.63) is 24.3 Å². The predicted octanol–water partition coefficient (Wildman–Crippen LogP) is 2.70. The van der Waals surface area contributed by atoms with Crippen molar-refractivity contribution in [3.8, 4) is 0 Å². The molecule has 4 heteroatoms. The smallest absolute Gasteiger partial charge is 0.324 e. The van der Waals surface area contributed by atoms with Crippen LogP contribution in [0.2, 0.25) is 0 Å². The van der Waals surface area contributed by atoms with Gasteiger partial charge < -0.3 is 10.6 Å². The van der Waals surface area contributed by atoms with Gasteiger partial charge in [0.15, 0.2) is 0 Å². The molecule has 1 fully saturated rings. The Balaban J connectivity index is 2.12. The van der Waals surface area contributed by atoms with Crippen LogP contribution in [-0.2, 0) is 0 Å². The molecule has 0 unspecified atom stereocenters. The number of likely N-dealkylation sites (tertiary alicyclic amines) is 1. The fourth-order valence-electron chi connectivity index (χ4n) is 2.34. The number of anilines is 2. The lowest BCUT2D eigenvalue weighted by atomic mass is 10.1. The highest BCUT2D eigenvalue weighted by Gasteiger charge is 2.22. The third kappa shape index (κ3) is 2.75. The van der Waals surface area contributed by atoms with Crippen LogP contribution in [0.15, 0.2) is 24.3 Å². The largest absolute Gasteiger partial charge is 0.399 e. The number of rotatable bonds is 2. The van der Waals surface area contributed by atoms with E-state index in [4.69, 9.17) is 5.73 Å². The zero-order valence-corrected chi connectivity index (χ0v) is 10.9. The first-order valence-corrected chi connectivity index (χ1v) is 6.64. The third-order valence-corrected chi connectivity index (χ3v) is 3.38. The van der Waals surface area contributed by atoms with Crippen molar-refractivity contribution in [2.24, 2.45) is 0 Å². The maximum Gasteiger partial charge on any atom is 0.324 e. The van der Waals surface area contributed by atoms with Crippen LogP contribution < -0.4 is 10.6 Å². The molecule has 2 amide bonds. The maximum atomic E-state index is 12.4. The summed E-state index contributed by atoms with van der Waals surface area (Å²) in [7, 11) is 0. The van der Waals surface area contributed by atoms with Crippen LogP contribution in [-0.4, -0.2) is 30.6 Å². The number of piperidine rings is 1. The topological polar surface area (TPSA) is 49.6 Å². The number of hydrogen-bond donors (Lipinski definition) is 1. The van der Waals surface area contributed by atoms with Gasteiger partial charge in [0, 0.05) is 31.0 Å². The zero-order valence-electron chi connectivity index (χ0n) is 10.9. The molecule has 2 N–H and O–H groups in total. The lowest BCUT2D eigenvalue weighted by Gasteiger charge is -2.32. The molecule has 0 aliphatic carbocycles. The number of nitrogen functional groups attached to an aromatic ring is 1. The van der Waals surface area contributed by atoms with Gasteiger partial charge in [0.1, 0.15) is 0 Å². The van der Waals surface area contributed by atoms with E-state index in [1.165, 1.54) is 6.42 Å². The molecule has 0 radical (unpaired) electrons. The molecule has 0 saturated carbocycles. The Morgan fingerprint density at radius 3 is 2.39 bits per heavy atom. The number of nitrogens with two attached hydrogens (primary N) is 1. The SMILES string of the molecule is CCN(C(=O)N1CCCCC1)c1ccc(N)cc1. The summed E-state index contributed by atoms with van der Waals surface area (Å²) in [6.45, 7) is 4.44. The molecule has 2 rings (SSSR count). The first-order chi connectivity index (χ1) is 8.72. The minimum absolute atomic E-state index is 0.113. The Kier molecular flexibility index (Phi) is 4.07. The summed E-state index contributed by atoms with van der Waals surface area (Å²) in [5.74, 6) is 0. The number of carbonyl (C=O) groups is 1. The molecule has 1 aliphatic rings. The first kappa shape index (κ1) is 12.7. The van der Waals surface area contributed by atoms with Crippen LogP contribution in [0.3, 0.4) is 0 Å². The van der Waals surface area contributed by atoms with Crippen LogP contribution in [0.25, 0.3) is 0 Å². The second kappa shape index (κ2) is 5.76. The van der Waals surface area contributed by atoms with Gasteiger partial charge in [0.05, 0.1) is 0 Å². The van der Waals surface area contributed by atoms with E-state index in [1.54, 1.807) is 0 Å². The summed E-state index contributed by atoms with van der Waals surface area (Å²) >= 11 is 0. The molecule has 1 aromatic carbocycles. The fraction of sp³-hybridized carbons (Fsp3) is 0.500. The van der Waals surface area contributed by atoms with Crippen LogP contribution in [0.1, 0.15) is 26.2 Å². The number of hydrogen-bond acceptors (Lipinski definition) is 2. The van der Waals surface area contributed by atoms with Crippen molar-refractivity contribution in [2.75, 3.05) is 30.3 Å². The molecule has 18 heavy (non-hydrogen) atoms. The maximum absolute atomic E-state index is 12.4. The van der Waals surface area contributed by atoms with E-state index in [-0.39, 0.29) is 6.03 Å². The van der Waals surface area contributed by atoms with E-state index < -0.39 is 0 Å². The van der Waals surface area contributed by atoms with Gasteiger partial charge >= 0.3 is 6.03 Å². The van der Waals surface area contributed by atoms with Gasteiger partial charge in [-0.15, -0.1) is 0 Å². The summed E-state index contributed by atoms with van der Waals surface area (Å²) in [4.78, 5) is 16.2. The Labute approximate surface area is 108 Å². The van der Waals surface area contributed by atoms with Gasteiger partial charge in [-0.05, 0) is 50.5 Å². The van der Waals surface area contributed by atoms with Crippen molar-refractivity contribution >= 4 is 17.4 Å². The predicted molar refractivity (Wildman–Crippen MR) is 74.7 cm³/mol. The summed E-state index contributed by atoms with van der Waals surface area (Å²) < 4.78 is 0. The number of nitrogens with zero attached hydrogens (tertiary/aromatic N) is 2. The first-order valence-electron chi connectivity index (χ1n) is 6.64. The number of amides is 2. The van der Waals surface area contributed by atoms with Gasteiger partial charge in [-0.25, -0.2) is 4.79 Å². The molecule has 0 atom stereocenters. The summed E-state index contributed by atoms with van der Waals surface area (Å²) in [6, 6.07) is 7.59. The second-order valence-electron chi connectivity index (χ2n) is 4.67. The lowest BCUT2D eigenvalue weighted by Crippen LogP contribution is -2.45. The zero-order chi connectivity index (χ0) is 13.0. The summed E-state index contributed by atoms with van der Waals surface area (Å²) in [6.07, 6.45) is 3.47. The van der Waals surface area contributed by atoms with Gasteiger partial charge in [-0.3, -0.25) is 4.90 Å². The number of benzene rings is 1. The summed E-state index contributed by atoms with van der Waals surface area (Å²) in [5, 5.41) is 0. The van der Waals surface area contributed by atoms with Crippen LogP contribution in [0.5, 0.6) is 0 Å². The fourth-order valence-corrected chi connectivity index (χ4v) is 2.34. The van der Waals surface area contributed by atoms with Crippen molar-refractivity contribution in [1.82, 2.24) is 4.90 Å². The monoisotopic (exact) mass is 247 g/mol. The molecular formula is C14H21N3O. The minimum atomic E-state index is 0.113. The molecule has 1 aromatic rings. The van der Waals surface area contributed by atoms with Crippen molar-refractivity contribution in [2.45, 2.75) is 26.2 Å². The Morgan fingerprint density at radius 2 is 1.83 bits per heavy atom. The van der Waals surface area contributed by atoms with Crippen molar-refractivity contribution in [1.29, 1.82) is 0 Å². The standard InChI is InChI=1S/C14H21N3O/c1-2-17(13-8-6-12(15)7-9-13)14(18)16-10-4-3-5-11-16/h6-9H,2-5,10-11,15H2,1H3. The molecule has 0 spiro atoms. The number of carbonyl (C=O) groups excluding carboxylic acids is 1. The normalized spacial score (nSPS) is 15.5. The van der Waals surface area contributed by atoms with Crippen LogP contribution in [0.4, 0.5) is 16.2 Å². The van der Waals surface area contributed by atoms with Gasteiger partial charge in [0.2, 0.25) is 0 Å². The van der Waals surface area contributed by atoms with Gasteiger partial charge in [0.25, 0.3) is 0 Å². The van der Waals surface area contributed by atoms with E-state index in [0.29, 0.717) is 6.54 Å². The second-order valence-corrected chi connectivity index (χ2v) is 4.67. The Hall–Kier alpha value is -1.71. The van der Waals surface area contributed by atoms with Gasteiger partial charge in [-0.1, -0.05) is 0 Å². The third-order valence-electron chi connectivity index (χ3n) is 3.38. The highest BCUT2D eigenvalue weighted by Crippen LogP contribution is 2.19. The Morgan fingerprint density at radius 1 is 1.22 bits per heavy atom. The average molecular weight is 247 g/mol. The summed E-state index contributed by atoms with van der Waals surface area (Å²) in [5.41, 5.74) is 7.31. The van der Waals surface area contributed by atoms with Crippen molar-refractivity contribution in [3.63, 3.8) is 0 Å². The molecule has 1 aliphatic heterocycles. The molecule has 98 valence electrons. The molecule has 1 heterocycles. The van der Waals surface area contributed by atoms with E-state index >= 15 is 0 Å². The lowest BCUT2D eigenvalue weighted by molar-refractivity contribution is 0.193. The molecule has 0 bridgehead atoms. The number of urea groups is 1. The van der Waals surface area contributed by atoms with Crippen LogP contribution >= 0.6 is 0 Å². The molecule has 1 saturated heterocycles. The quantitative estimate of drug-likeness (QED) is 0.817.